The molecular formula is C14H21N3O. The topological polar surface area (TPSA) is 45.2 Å². The molecule has 4 nitrogen and oxygen atoms in total. The van der Waals surface area contributed by atoms with Crippen molar-refractivity contribution in [2.75, 3.05) is 18.0 Å². The van der Waals surface area contributed by atoms with E-state index in [-0.39, 0.29) is 5.91 Å². The normalized spacial score (nSPS) is 14.8. The van der Waals surface area contributed by atoms with Gasteiger partial charge < -0.3 is 10.2 Å². The minimum atomic E-state index is 0.112. The molecule has 18 heavy (non-hydrogen) atoms. The molecule has 1 aromatic rings. The Bertz CT molecular complexity index is 383. The molecule has 0 bridgehead atoms. The molecule has 1 aromatic heterocycles. The Hall–Kier alpha value is -1.58. The van der Waals surface area contributed by atoms with Crippen molar-refractivity contribution in [1.29, 1.82) is 0 Å². The lowest BCUT2D eigenvalue weighted by Gasteiger charge is -2.16. The number of hydrogen-bond donors (Lipinski definition) is 1. The average molecular weight is 247 g/mol. The minimum absolute atomic E-state index is 0.112. The summed E-state index contributed by atoms with van der Waals surface area (Å²) in [5.41, 5.74) is 1.06. The van der Waals surface area contributed by atoms with E-state index in [0.29, 0.717) is 13.0 Å². The van der Waals surface area contributed by atoms with Crippen LogP contribution in [0, 0.1) is 0 Å². The van der Waals surface area contributed by atoms with Crippen molar-refractivity contribution in [3.05, 3.63) is 23.9 Å². The predicted octanol–water partition coefficient (Wildman–Crippen LogP) is 2.10. The first kappa shape index (κ1) is 12.9. The highest BCUT2D eigenvalue weighted by Gasteiger charge is 2.12. The molecule has 1 fully saturated rings. The first-order chi connectivity index (χ1) is 8.79. The van der Waals surface area contributed by atoms with Crippen LogP contribution in [-0.4, -0.2) is 24.0 Å². The first-order valence-electron chi connectivity index (χ1n) is 6.76. The molecule has 0 radical (unpaired) electrons. The summed E-state index contributed by atoms with van der Waals surface area (Å²) in [6, 6.07) is 4.10. The second kappa shape index (κ2) is 6.38. The second-order valence-corrected chi connectivity index (χ2v) is 4.75. The van der Waals surface area contributed by atoms with Crippen LogP contribution in [0.15, 0.2) is 18.3 Å². The molecule has 2 heterocycles. The monoisotopic (exact) mass is 247 g/mol. The summed E-state index contributed by atoms with van der Waals surface area (Å²) in [5, 5.41) is 2.90. The summed E-state index contributed by atoms with van der Waals surface area (Å²) < 4.78 is 0. The molecule has 1 aliphatic rings. The minimum Gasteiger partial charge on any atom is -0.357 e. The molecule has 1 amide bonds. The fourth-order valence-electron chi connectivity index (χ4n) is 2.17. The Balaban J connectivity index is 1.85. The third kappa shape index (κ3) is 3.45. The number of hydrogen-bond acceptors (Lipinski definition) is 3. The summed E-state index contributed by atoms with van der Waals surface area (Å²) in [5.74, 6) is 1.16. The van der Waals surface area contributed by atoms with Crippen LogP contribution in [0.3, 0.4) is 0 Å². The quantitative estimate of drug-likeness (QED) is 0.866. The van der Waals surface area contributed by atoms with Gasteiger partial charge in [-0.1, -0.05) is 13.0 Å². The largest absolute Gasteiger partial charge is 0.357 e. The fraction of sp³-hybridized carbons (Fsp3) is 0.571. The van der Waals surface area contributed by atoms with E-state index in [4.69, 9.17) is 0 Å². The van der Waals surface area contributed by atoms with Gasteiger partial charge >= 0.3 is 0 Å². The molecule has 2 rings (SSSR count). The van der Waals surface area contributed by atoms with Gasteiger partial charge in [0, 0.05) is 32.3 Å². The SMILES string of the molecule is CCCC(=O)NCc1ccc(N2CCCC2)nc1. The second-order valence-electron chi connectivity index (χ2n) is 4.75. The van der Waals surface area contributed by atoms with Gasteiger partial charge in [-0.05, 0) is 30.9 Å². The van der Waals surface area contributed by atoms with Crippen molar-refractivity contribution >= 4 is 11.7 Å². The number of rotatable bonds is 5. The molecule has 1 saturated heterocycles. The lowest BCUT2D eigenvalue weighted by molar-refractivity contribution is -0.121. The highest BCUT2D eigenvalue weighted by Crippen LogP contribution is 2.17. The standard InChI is InChI=1S/C14H21N3O/c1-2-5-14(18)16-11-12-6-7-13(15-10-12)17-8-3-4-9-17/h6-7,10H,2-5,8-9,11H2,1H3,(H,16,18). The lowest BCUT2D eigenvalue weighted by atomic mass is 10.2. The van der Waals surface area contributed by atoms with Crippen molar-refractivity contribution in [2.24, 2.45) is 0 Å². The maximum absolute atomic E-state index is 11.4. The zero-order valence-electron chi connectivity index (χ0n) is 11.0. The zero-order chi connectivity index (χ0) is 12.8. The molecule has 0 aromatic carbocycles. The predicted molar refractivity (Wildman–Crippen MR) is 72.4 cm³/mol. The number of pyridine rings is 1. The van der Waals surface area contributed by atoms with E-state index < -0.39 is 0 Å². The van der Waals surface area contributed by atoms with Crippen molar-refractivity contribution in [3.8, 4) is 0 Å². The molecule has 0 saturated carbocycles. The number of aromatic nitrogens is 1. The van der Waals surface area contributed by atoms with E-state index in [2.05, 4.69) is 15.2 Å². The van der Waals surface area contributed by atoms with E-state index >= 15 is 0 Å². The van der Waals surface area contributed by atoms with E-state index in [9.17, 15) is 4.79 Å². The van der Waals surface area contributed by atoms with Crippen molar-refractivity contribution in [3.63, 3.8) is 0 Å². The number of amides is 1. The molecule has 1 aliphatic heterocycles. The van der Waals surface area contributed by atoms with Gasteiger partial charge in [-0.25, -0.2) is 4.98 Å². The summed E-state index contributed by atoms with van der Waals surface area (Å²) in [4.78, 5) is 18.1. The Morgan fingerprint density at radius 2 is 2.17 bits per heavy atom. The van der Waals surface area contributed by atoms with Crippen LogP contribution in [0.5, 0.6) is 0 Å². The maximum atomic E-state index is 11.4. The van der Waals surface area contributed by atoms with Gasteiger partial charge in [0.05, 0.1) is 0 Å². The van der Waals surface area contributed by atoms with Gasteiger partial charge in [-0.15, -0.1) is 0 Å². The molecule has 0 aliphatic carbocycles. The van der Waals surface area contributed by atoms with Crippen LogP contribution >= 0.6 is 0 Å². The van der Waals surface area contributed by atoms with Crippen LogP contribution in [0.4, 0.5) is 5.82 Å². The van der Waals surface area contributed by atoms with E-state index in [0.717, 1.165) is 30.9 Å². The third-order valence-electron chi connectivity index (χ3n) is 3.21. The van der Waals surface area contributed by atoms with Crippen molar-refractivity contribution in [2.45, 2.75) is 39.2 Å². The summed E-state index contributed by atoms with van der Waals surface area (Å²) >= 11 is 0. The number of carbonyl (C=O) groups is 1. The Morgan fingerprint density at radius 1 is 1.39 bits per heavy atom. The molecule has 98 valence electrons. The third-order valence-corrected chi connectivity index (χ3v) is 3.21. The molecular weight excluding hydrogens is 226 g/mol. The van der Waals surface area contributed by atoms with Gasteiger partial charge in [0.15, 0.2) is 0 Å². The van der Waals surface area contributed by atoms with Crippen LogP contribution in [0.2, 0.25) is 0 Å². The molecule has 0 unspecified atom stereocenters. The Kier molecular flexibility index (Phi) is 4.56. The molecule has 1 N–H and O–H groups in total. The van der Waals surface area contributed by atoms with Gasteiger partial charge in [0.1, 0.15) is 5.82 Å². The van der Waals surface area contributed by atoms with E-state index in [1.807, 2.05) is 25.3 Å². The van der Waals surface area contributed by atoms with Gasteiger partial charge in [-0.3, -0.25) is 4.79 Å². The zero-order valence-corrected chi connectivity index (χ0v) is 11.0. The summed E-state index contributed by atoms with van der Waals surface area (Å²) in [7, 11) is 0. The molecule has 0 atom stereocenters. The fourth-order valence-corrected chi connectivity index (χ4v) is 2.17. The van der Waals surface area contributed by atoms with E-state index in [1.165, 1.54) is 12.8 Å². The van der Waals surface area contributed by atoms with Crippen LogP contribution < -0.4 is 10.2 Å². The van der Waals surface area contributed by atoms with Crippen molar-refractivity contribution < 1.29 is 4.79 Å². The van der Waals surface area contributed by atoms with E-state index in [1.54, 1.807) is 0 Å². The van der Waals surface area contributed by atoms with Crippen molar-refractivity contribution in [1.82, 2.24) is 10.3 Å². The number of nitrogens with zero attached hydrogens (tertiary/aromatic N) is 2. The number of nitrogens with one attached hydrogen (secondary N) is 1. The van der Waals surface area contributed by atoms with Crippen LogP contribution in [-0.2, 0) is 11.3 Å². The molecule has 4 heteroatoms. The van der Waals surface area contributed by atoms with Gasteiger partial charge in [0.2, 0.25) is 5.91 Å². The lowest BCUT2D eigenvalue weighted by Crippen LogP contribution is -2.22. The maximum Gasteiger partial charge on any atom is 0.220 e. The Labute approximate surface area is 108 Å². The average Bonchev–Trinajstić information content (AvgIpc) is 2.91. The summed E-state index contributed by atoms with van der Waals surface area (Å²) in [6.07, 6.45) is 5.87. The van der Waals surface area contributed by atoms with Gasteiger partial charge in [0.25, 0.3) is 0 Å². The van der Waals surface area contributed by atoms with Crippen LogP contribution in [0.1, 0.15) is 38.2 Å². The highest BCUT2D eigenvalue weighted by atomic mass is 16.1. The van der Waals surface area contributed by atoms with Gasteiger partial charge in [-0.2, -0.15) is 0 Å². The Morgan fingerprint density at radius 3 is 2.78 bits per heavy atom. The number of carbonyl (C=O) groups excluding carboxylic acids is 1. The summed E-state index contributed by atoms with van der Waals surface area (Å²) in [6.45, 7) is 4.80. The molecule has 0 spiro atoms. The van der Waals surface area contributed by atoms with Crippen LogP contribution in [0.25, 0.3) is 0 Å². The highest BCUT2D eigenvalue weighted by molar-refractivity contribution is 5.75. The first-order valence-corrected chi connectivity index (χ1v) is 6.76. The number of anilines is 1. The smallest absolute Gasteiger partial charge is 0.220 e.